The first-order valence-corrected chi connectivity index (χ1v) is 9.24. The predicted octanol–water partition coefficient (Wildman–Crippen LogP) is 2.81. The van der Waals surface area contributed by atoms with E-state index in [-0.39, 0.29) is 30.3 Å². The van der Waals surface area contributed by atoms with Crippen molar-refractivity contribution in [2.75, 3.05) is 11.9 Å². The fourth-order valence-electron chi connectivity index (χ4n) is 2.90. The minimum atomic E-state index is -0.230. The molecule has 29 heavy (non-hydrogen) atoms. The lowest BCUT2D eigenvalue weighted by Crippen LogP contribution is -2.28. The largest absolute Gasteiger partial charge is 0.352 e. The van der Waals surface area contributed by atoms with Crippen molar-refractivity contribution in [1.82, 2.24) is 15.3 Å². The van der Waals surface area contributed by atoms with Crippen molar-refractivity contribution >= 4 is 17.5 Å². The third kappa shape index (κ3) is 5.38. The number of hydrogen-bond acceptors (Lipinski definition) is 4. The topological polar surface area (TPSA) is 104 Å². The molecule has 0 spiro atoms. The average Bonchev–Trinajstić information content (AvgIpc) is 2.67. The van der Waals surface area contributed by atoms with E-state index >= 15 is 0 Å². The van der Waals surface area contributed by atoms with E-state index in [9.17, 15) is 14.4 Å². The molecule has 0 atom stereocenters. The average molecular weight is 390 g/mol. The summed E-state index contributed by atoms with van der Waals surface area (Å²) in [4.78, 5) is 43.0. The molecule has 0 aliphatic rings. The van der Waals surface area contributed by atoms with Crippen molar-refractivity contribution in [3.05, 3.63) is 81.8 Å². The fraction of sp³-hybridized carbons (Fsp3) is 0.182. The zero-order valence-electron chi connectivity index (χ0n) is 16.3. The summed E-state index contributed by atoms with van der Waals surface area (Å²) in [6, 6.07) is 15.8. The van der Waals surface area contributed by atoms with Crippen molar-refractivity contribution in [3.8, 4) is 11.4 Å². The zero-order valence-corrected chi connectivity index (χ0v) is 16.3. The Morgan fingerprint density at radius 1 is 1.03 bits per heavy atom. The molecular weight excluding hydrogens is 368 g/mol. The van der Waals surface area contributed by atoms with E-state index < -0.39 is 0 Å². The van der Waals surface area contributed by atoms with Crippen LogP contribution in [0.1, 0.15) is 28.0 Å². The Balaban J connectivity index is 1.58. The van der Waals surface area contributed by atoms with Gasteiger partial charge in [-0.2, -0.15) is 0 Å². The number of carbonyl (C=O) groups excluding carboxylic acids is 2. The van der Waals surface area contributed by atoms with Gasteiger partial charge in [-0.1, -0.05) is 30.3 Å². The Morgan fingerprint density at radius 3 is 2.59 bits per heavy atom. The highest BCUT2D eigenvalue weighted by Gasteiger charge is 2.10. The van der Waals surface area contributed by atoms with Gasteiger partial charge in [0.2, 0.25) is 5.91 Å². The van der Waals surface area contributed by atoms with Gasteiger partial charge in [0.25, 0.3) is 11.5 Å². The smallest absolute Gasteiger partial charge is 0.251 e. The molecule has 1 heterocycles. The molecule has 0 bridgehead atoms. The SMILES string of the molecule is Cc1cc(=O)[nH]c(-c2cccc(NC(=O)CCNC(=O)c3ccccc3C)c2)n1. The lowest BCUT2D eigenvalue weighted by atomic mass is 10.1. The van der Waals surface area contributed by atoms with Crippen LogP contribution in [0.2, 0.25) is 0 Å². The number of rotatable bonds is 6. The van der Waals surface area contributed by atoms with Gasteiger partial charge < -0.3 is 15.6 Å². The van der Waals surface area contributed by atoms with Gasteiger partial charge >= 0.3 is 0 Å². The van der Waals surface area contributed by atoms with E-state index in [2.05, 4.69) is 20.6 Å². The van der Waals surface area contributed by atoms with Gasteiger partial charge in [0.05, 0.1) is 0 Å². The molecule has 7 heteroatoms. The van der Waals surface area contributed by atoms with Gasteiger partial charge in [-0.25, -0.2) is 4.98 Å². The Morgan fingerprint density at radius 2 is 1.83 bits per heavy atom. The number of nitrogens with zero attached hydrogens (tertiary/aromatic N) is 1. The first-order valence-electron chi connectivity index (χ1n) is 9.24. The fourth-order valence-corrected chi connectivity index (χ4v) is 2.90. The van der Waals surface area contributed by atoms with Gasteiger partial charge in [-0.05, 0) is 37.6 Å². The highest BCUT2D eigenvalue weighted by Crippen LogP contribution is 2.19. The van der Waals surface area contributed by atoms with E-state index in [1.807, 2.05) is 19.1 Å². The van der Waals surface area contributed by atoms with Crippen molar-refractivity contribution in [2.45, 2.75) is 20.3 Å². The Kier molecular flexibility index (Phi) is 6.19. The van der Waals surface area contributed by atoms with E-state index in [0.29, 0.717) is 28.3 Å². The minimum Gasteiger partial charge on any atom is -0.352 e. The minimum absolute atomic E-state index is 0.140. The standard InChI is InChI=1S/C22H22N4O3/c1-14-6-3-4-9-18(14)22(29)23-11-10-19(27)25-17-8-5-7-16(13-17)21-24-15(2)12-20(28)26-21/h3-9,12-13H,10-11H2,1-2H3,(H,23,29)(H,25,27)(H,24,26,28). The third-order valence-electron chi connectivity index (χ3n) is 4.32. The highest BCUT2D eigenvalue weighted by atomic mass is 16.2. The van der Waals surface area contributed by atoms with Crippen LogP contribution < -0.4 is 16.2 Å². The van der Waals surface area contributed by atoms with Crippen molar-refractivity contribution < 1.29 is 9.59 Å². The predicted molar refractivity (Wildman–Crippen MR) is 112 cm³/mol. The summed E-state index contributed by atoms with van der Waals surface area (Å²) in [5.74, 6) is 0.0156. The quantitative estimate of drug-likeness (QED) is 0.602. The summed E-state index contributed by atoms with van der Waals surface area (Å²) in [5.41, 5.74) is 3.14. The molecule has 0 aliphatic heterocycles. The first kappa shape index (κ1) is 20.0. The normalized spacial score (nSPS) is 10.4. The Hall–Kier alpha value is -3.74. The molecule has 3 N–H and O–H groups in total. The summed E-state index contributed by atoms with van der Waals surface area (Å²) in [6.07, 6.45) is 0.140. The Bertz CT molecular complexity index is 1100. The van der Waals surface area contributed by atoms with E-state index in [4.69, 9.17) is 0 Å². The van der Waals surface area contributed by atoms with Crippen LogP contribution in [0.25, 0.3) is 11.4 Å². The van der Waals surface area contributed by atoms with Crippen molar-refractivity contribution in [3.63, 3.8) is 0 Å². The van der Waals surface area contributed by atoms with Crippen LogP contribution in [-0.4, -0.2) is 28.3 Å². The molecule has 3 aromatic rings. The molecule has 3 rings (SSSR count). The summed E-state index contributed by atoms with van der Waals surface area (Å²) in [7, 11) is 0. The number of anilines is 1. The number of benzene rings is 2. The summed E-state index contributed by atoms with van der Waals surface area (Å²) >= 11 is 0. The van der Waals surface area contributed by atoms with Gasteiger partial charge in [0.1, 0.15) is 5.82 Å². The number of aromatic amines is 1. The maximum Gasteiger partial charge on any atom is 0.251 e. The molecule has 2 aromatic carbocycles. The molecule has 7 nitrogen and oxygen atoms in total. The maximum absolute atomic E-state index is 12.2. The number of amides is 2. The zero-order chi connectivity index (χ0) is 20.8. The number of nitrogens with one attached hydrogen (secondary N) is 3. The van der Waals surface area contributed by atoms with Crippen LogP contribution in [0.15, 0.2) is 59.4 Å². The molecule has 0 fully saturated rings. The molecule has 2 amide bonds. The van der Waals surface area contributed by atoms with Crippen LogP contribution >= 0.6 is 0 Å². The second kappa shape index (κ2) is 8.97. The Labute approximate surface area is 168 Å². The summed E-state index contributed by atoms with van der Waals surface area (Å²) in [6.45, 7) is 3.84. The van der Waals surface area contributed by atoms with Gasteiger partial charge in [0.15, 0.2) is 0 Å². The van der Waals surface area contributed by atoms with Crippen LogP contribution in [0.5, 0.6) is 0 Å². The molecule has 0 saturated carbocycles. The summed E-state index contributed by atoms with van der Waals surface area (Å²) in [5, 5.41) is 5.55. The van der Waals surface area contributed by atoms with Crippen LogP contribution in [-0.2, 0) is 4.79 Å². The van der Waals surface area contributed by atoms with Crippen molar-refractivity contribution in [2.24, 2.45) is 0 Å². The number of H-pyrrole nitrogens is 1. The lowest BCUT2D eigenvalue weighted by Gasteiger charge is -2.09. The molecule has 0 radical (unpaired) electrons. The van der Waals surface area contributed by atoms with Crippen LogP contribution in [0.4, 0.5) is 5.69 Å². The molecule has 1 aromatic heterocycles. The molecule has 0 saturated heterocycles. The van der Waals surface area contributed by atoms with E-state index in [0.717, 1.165) is 5.56 Å². The second-order valence-corrected chi connectivity index (χ2v) is 6.69. The molecule has 0 aliphatic carbocycles. The molecule has 0 unspecified atom stereocenters. The van der Waals surface area contributed by atoms with Gasteiger partial charge in [-0.15, -0.1) is 0 Å². The number of aromatic nitrogens is 2. The summed E-state index contributed by atoms with van der Waals surface area (Å²) < 4.78 is 0. The number of hydrogen-bond donors (Lipinski definition) is 3. The molecule has 148 valence electrons. The second-order valence-electron chi connectivity index (χ2n) is 6.69. The lowest BCUT2D eigenvalue weighted by molar-refractivity contribution is -0.116. The van der Waals surface area contributed by atoms with Crippen molar-refractivity contribution in [1.29, 1.82) is 0 Å². The van der Waals surface area contributed by atoms with Crippen LogP contribution in [0, 0.1) is 13.8 Å². The highest BCUT2D eigenvalue weighted by molar-refractivity contribution is 5.96. The van der Waals surface area contributed by atoms with Gasteiger partial charge in [0, 0.05) is 41.5 Å². The first-order chi connectivity index (χ1) is 13.9. The van der Waals surface area contributed by atoms with Crippen LogP contribution in [0.3, 0.4) is 0 Å². The monoisotopic (exact) mass is 390 g/mol. The number of aryl methyl sites for hydroxylation is 2. The van der Waals surface area contributed by atoms with E-state index in [1.54, 1.807) is 43.3 Å². The third-order valence-corrected chi connectivity index (χ3v) is 4.32. The molecular formula is C22H22N4O3. The number of carbonyl (C=O) groups is 2. The van der Waals surface area contributed by atoms with Gasteiger partial charge in [-0.3, -0.25) is 14.4 Å². The maximum atomic E-state index is 12.2. The van der Waals surface area contributed by atoms with E-state index in [1.165, 1.54) is 6.07 Å².